The van der Waals surface area contributed by atoms with Gasteiger partial charge in [0.2, 0.25) is 34.8 Å². The molecule has 0 aliphatic heterocycles. The van der Waals surface area contributed by atoms with E-state index < -0.39 is 64.8 Å². The van der Waals surface area contributed by atoms with Crippen LogP contribution in [0.2, 0.25) is 0 Å². The third-order valence-corrected chi connectivity index (χ3v) is 5.96. The molecule has 0 N–H and O–H groups in total. The quantitative estimate of drug-likeness (QED) is 0.0549. The van der Waals surface area contributed by atoms with Gasteiger partial charge in [0, 0.05) is 5.30 Å². The second kappa shape index (κ2) is 14.5. The van der Waals surface area contributed by atoms with Crippen LogP contribution in [-0.4, -0.2) is 38.4 Å². The zero-order chi connectivity index (χ0) is 28.6. The number of rotatable bonds is 12. The van der Waals surface area contributed by atoms with Crippen LogP contribution >= 0.6 is 18.5 Å². The van der Waals surface area contributed by atoms with Crippen LogP contribution in [0, 0.1) is 47.6 Å². The maximum absolute atomic E-state index is 13.9. The Hall–Kier alpha value is -2.59. The molecule has 2 aromatic rings. The highest BCUT2D eigenvalue weighted by atomic mass is 31.0. The highest BCUT2D eigenvalue weighted by Gasteiger charge is 2.28. The molecule has 2 rings (SSSR count). The Balaban J connectivity index is 1.64. The summed E-state index contributed by atoms with van der Waals surface area (Å²) in [5.74, 6) is -17.4. The number of hydrogen-bond acceptors (Lipinski definition) is 6. The fourth-order valence-electron chi connectivity index (χ4n) is 2.68. The summed E-state index contributed by atoms with van der Waals surface area (Å²) in [6, 6.07) is 0. The van der Waals surface area contributed by atoms with E-state index in [1.807, 2.05) is 9.24 Å². The summed E-state index contributed by atoms with van der Waals surface area (Å²) >= 11 is 0. The lowest BCUT2D eigenvalue weighted by Gasteiger charge is -2.14. The molecule has 0 spiro atoms. The smallest absolute Gasteiger partial charge is 0.313 e. The van der Waals surface area contributed by atoms with Crippen molar-refractivity contribution < 1.29 is 59.3 Å². The van der Waals surface area contributed by atoms with Crippen molar-refractivity contribution in [3.8, 4) is 11.5 Å². The van der Waals surface area contributed by atoms with Gasteiger partial charge in [0.15, 0.2) is 11.6 Å². The molecular formula is C23H21F7O6P2. The van der Waals surface area contributed by atoms with Gasteiger partial charge in [0.25, 0.3) is 0 Å². The van der Waals surface area contributed by atoms with Gasteiger partial charge in [-0.2, -0.15) is 8.78 Å². The van der Waals surface area contributed by atoms with Gasteiger partial charge in [0.1, 0.15) is 5.75 Å². The fraction of sp³-hybridized carbons (Fsp3) is 0.304. The molecule has 6 nitrogen and oxygen atoms in total. The van der Waals surface area contributed by atoms with Crippen LogP contribution in [0.25, 0.3) is 0 Å². The summed E-state index contributed by atoms with van der Waals surface area (Å²) in [4.78, 5) is 23.6. The van der Waals surface area contributed by atoms with Crippen LogP contribution in [0.5, 0.6) is 11.5 Å². The van der Waals surface area contributed by atoms with Crippen molar-refractivity contribution in [2.24, 2.45) is 0 Å². The summed E-state index contributed by atoms with van der Waals surface area (Å²) in [6.45, 7) is 1.05. The molecule has 2 aromatic carbocycles. The minimum atomic E-state index is -2.38. The van der Waals surface area contributed by atoms with Gasteiger partial charge in [-0.3, -0.25) is 9.59 Å². The topological polar surface area (TPSA) is 71.1 Å². The van der Waals surface area contributed by atoms with Crippen LogP contribution in [-0.2, 0) is 19.1 Å². The van der Waals surface area contributed by atoms with E-state index in [4.69, 9.17) is 14.2 Å². The zero-order valence-electron chi connectivity index (χ0n) is 19.6. The first-order chi connectivity index (χ1) is 17.9. The summed E-state index contributed by atoms with van der Waals surface area (Å²) in [5, 5.41) is -0.0157. The van der Waals surface area contributed by atoms with E-state index >= 15 is 0 Å². The van der Waals surface area contributed by atoms with Crippen molar-refractivity contribution in [3.63, 3.8) is 0 Å². The Kier molecular flexibility index (Phi) is 12.1. The molecule has 0 radical (unpaired) electrons. The molecule has 0 aliphatic rings. The van der Waals surface area contributed by atoms with E-state index in [2.05, 4.69) is 14.0 Å². The monoisotopic (exact) mass is 588 g/mol. The van der Waals surface area contributed by atoms with Gasteiger partial charge in [-0.25, -0.2) is 22.0 Å². The molecule has 2 atom stereocenters. The maximum atomic E-state index is 13.9. The Bertz CT molecular complexity index is 1090. The number of hydrogen-bond donors (Lipinski definition) is 0. The van der Waals surface area contributed by atoms with Crippen LogP contribution in [0.4, 0.5) is 30.7 Å². The summed E-state index contributed by atoms with van der Waals surface area (Å²) < 4.78 is 113. The molecule has 0 aromatic heterocycles. The van der Waals surface area contributed by atoms with E-state index in [0.29, 0.717) is 0 Å². The highest BCUT2D eigenvalue weighted by Crippen LogP contribution is 2.29. The van der Waals surface area contributed by atoms with Crippen molar-refractivity contribution >= 4 is 41.0 Å². The Morgan fingerprint density at radius 2 is 1.05 bits per heavy atom. The molecule has 0 heterocycles. The van der Waals surface area contributed by atoms with Crippen molar-refractivity contribution in [2.45, 2.75) is 19.8 Å². The molecule has 0 bridgehead atoms. The Labute approximate surface area is 216 Å². The van der Waals surface area contributed by atoms with E-state index in [0.717, 1.165) is 0 Å². The number of benzene rings is 2. The molecule has 0 saturated heterocycles. The number of ether oxygens (including phenoxy) is 4. The molecule has 208 valence electrons. The largest absolute Gasteiger partial charge is 0.425 e. The van der Waals surface area contributed by atoms with Gasteiger partial charge in [-0.15, -0.1) is 9.24 Å². The van der Waals surface area contributed by atoms with Gasteiger partial charge < -0.3 is 18.9 Å². The van der Waals surface area contributed by atoms with E-state index in [1.54, 1.807) is 0 Å². The summed E-state index contributed by atoms with van der Waals surface area (Å²) in [7, 11) is 4.17. The minimum absolute atomic E-state index is 0.0107. The predicted octanol–water partition coefficient (Wildman–Crippen LogP) is 3.85. The van der Waals surface area contributed by atoms with Crippen LogP contribution in [0.3, 0.4) is 0 Å². The number of halogens is 7. The first-order valence-electron chi connectivity index (χ1n) is 10.6. The highest BCUT2D eigenvalue weighted by molar-refractivity contribution is 7.30. The number of carbonyl (C=O) groups is 2. The molecule has 15 heteroatoms. The van der Waals surface area contributed by atoms with E-state index in [1.165, 1.54) is 19.1 Å². The summed E-state index contributed by atoms with van der Waals surface area (Å²) in [6.07, 6.45) is 2.28. The molecule has 0 amide bonds. The first-order valence-corrected chi connectivity index (χ1v) is 11.8. The number of carbonyl (C=O) groups excluding carboxylic acids is 2. The SMILES string of the molecule is Cc1c(F)c(F)c(P)c(OC(=O)CCOC/C=C\COCCC(=O)Oc2c(F)c(F)c(F)c(F)c2F)c1P. The molecule has 2 unspecified atom stereocenters. The minimum Gasteiger partial charge on any atom is -0.425 e. The van der Waals surface area contributed by atoms with Crippen LogP contribution in [0.1, 0.15) is 18.4 Å². The van der Waals surface area contributed by atoms with Crippen LogP contribution in [0.15, 0.2) is 12.2 Å². The lowest BCUT2D eigenvalue weighted by atomic mass is 10.2. The van der Waals surface area contributed by atoms with Gasteiger partial charge in [-0.05, 0) is 12.5 Å². The van der Waals surface area contributed by atoms with Crippen LogP contribution < -0.4 is 20.1 Å². The third kappa shape index (κ3) is 7.96. The average molecular weight is 588 g/mol. The van der Waals surface area contributed by atoms with Crippen molar-refractivity contribution in [1.29, 1.82) is 0 Å². The lowest BCUT2D eigenvalue weighted by molar-refractivity contribution is -0.136. The van der Waals surface area contributed by atoms with Crippen molar-refractivity contribution in [3.05, 3.63) is 58.4 Å². The van der Waals surface area contributed by atoms with Gasteiger partial charge in [-0.1, -0.05) is 21.4 Å². The standard InChI is InChI=1S/C23H21F7O6P2/c1-10-13(24)19(30)23(38)21(22(10)37)36-12(32)5-9-34-7-3-2-6-33-8-4-11(31)35-20-17(28)15(26)14(25)16(27)18(20)29/h2-3H,4-9,37-38H2,1H3/b3-2-. The zero-order valence-corrected chi connectivity index (χ0v) is 22.0. The lowest BCUT2D eigenvalue weighted by Crippen LogP contribution is -2.23. The van der Waals surface area contributed by atoms with E-state index in [9.17, 15) is 40.3 Å². The van der Waals surface area contributed by atoms with Crippen molar-refractivity contribution in [1.82, 2.24) is 0 Å². The first kappa shape index (κ1) is 31.6. The average Bonchev–Trinajstić information content (AvgIpc) is 2.90. The second-order valence-corrected chi connectivity index (χ2v) is 8.53. The van der Waals surface area contributed by atoms with Gasteiger partial charge in [0.05, 0.1) is 44.6 Å². The molecule has 0 aliphatic carbocycles. The fourth-order valence-corrected chi connectivity index (χ4v) is 3.53. The van der Waals surface area contributed by atoms with Crippen molar-refractivity contribution in [2.75, 3.05) is 26.4 Å². The van der Waals surface area contributed by atoms with E-state index in [-0.39, 0.29) is 54.8 Å². The Morgan fingerprint density at radius 1 is 0.632 bits per heavy atom. The second-order valence-electron chi connectivity index (χ2n) is 7.38. The number of esters is 2. The predicted molar refractivity (Wildman–Crippen MR) is 127 cm³/mol. The molecule has 0 saturated carbocycles. The normalized spacial score (nSPS) is 11.3. The summed E-state index contributed by atoms with van der Waals surface area (Å²) in [5.41, 5.74) is -0.0107. The molecular weight excluding hydrogens is 567 g/mol. The Morgan fingerprint density at radius 3 is 1.53 bits per heavy atom. The molecule has 0 fully saturated rings. The maximum Gasteiger partial charge on any atom is 0.313 e. The third-order valence-electron chi connectivity index (χ3n) is 4.75. The molecule has 38 heavy (non-hydrogen) atoms. The van der Waals surface area contributed by atoms with Gasteiger partial charge >= 0.3 is 11.9 Å².